The Hall–Kier alpha value is -3.83. The highest BCUT2D eigenvalue weighted by molar-refractivity contribution is 6.15. The number of aryl methyl sites for hydroxylation is 1. The molecule has 5 heteroatoms. The minimum Gasteiger partial charge on any atom is -0.478 e. The third-order valence-corrected chi connectivity index (χ3v) is 6.38. The molecule has 4 aromatic rings. The van der Waals surface area contributed by atoms with Gasteiger partial charge in [-0.15, -0.1) is 0 Å². The molecule has 2 aliphatic heterocycles. The zero-order chi connectivity index (χ0) is 22.4. The lowest BCUT2D eigenvalue weighted by Gasteiger charge is -2.29. The molecule has 0 bridgehead atoms. The van der Waals surface area contributed by atoms with Gasteiger partial charge in [-0.2, -0.15) is 0 Å². The zero-order valence-electron chi connectivity index (χ0n) is 18.5. The maximum absolute atomic E-state index is 13.2. The zero-order valence-corrected chi connectivity index (χ0v) is 18.5. The topological polar surface area (TPSA) is 43.7 Å². The number of carbonyl (C=O) groups is 1. The number of carbonyl (C=O) groups excluding carboxylic acids is 1. The van der Waals surface area contributed by atoms with E-state index in [0.29, 0.717) is 30.3 Å². The number of Topliss-reactive ketones (excluding diaryl/α,β-unsaturated/α-hetero) is 1. The second-order valence-corrected chi connectivity index (χ2v) is 8.49. The molecule has 0 radical (unpaired) electrons. The molecule has 5 nitrogen and oxygen atoms in total. The number of para-hydroxylation sites is 1. The summed E-state index contributed by atoms with van der Waals surface area (Å²) in [6, 6.07) is 22.3. The number of aromatic nitrogens is 1. The number of ether oxygens (including phenoxy) is 2. The summed E-state index contributed by atoms with van der Waals surface area (Å²) in [7, 11) is 0. The van der Waals surface area contributed by atoms with Gasteiger partial charge < -0.3 is 14.0 Å². The van der Waals surface area contributed by atoms with E-state index in [1.165, 1.54) is 5.56 Å². The monoisotopic (exact) mass is 436 g/mol. The molecule has 3 heterocycles. The molecule has 0 saturated carbocycles. The van der Waals surface area contributed by atoms with Crippen LogP contribution in [0.5, 0.6) is 11.5 Å². The third-order valence-electron chi connectivity index (χ3n) is 6.38. The number of allylic oxidation sites excluding steroid dienone is 1. The lowest BCUT2D eigenvalue weighted by Crippen LogP contribution is -2.31. The fraction of sp³-hybridized carbons (Fsp3) is 0.179. The van der Waals surface area contributed by atoms with Crippen molar-refractivity contribution in [1.82, 2.24) is 9.47 Å². The normalized spacial score (nSPS) is 16.5. The van der Waals surface area contributed by atoms with Gasteiger partial charge in [-0.1, -0.05) is 48.5 Å². The van der Waals surface area contributed by atoms with Gasteiger partial charge in [-0.05, 0) is 36.8 Å². The van der Waals surface area contributed by atoms with Gasteiger partial charge >= 0.3 is 0 Å². The largest absolute Gasteiger partial charge is 0.478 e. The number of fused-ring (bicyclic) bond motifs is 4. The van der Waals surface area contributed by atoms with Crippen molar-refractivity contribution in [3.63, 3.8) is 0 Å². The molecule has 0 unspecified atom stereocenters. The van der Waals surface area contributed by atoms with Crippen LogP contribution >= 0.6 is 0 Å². The van der Waals surface area contributed by atoms with E-state index in [2.05, 4.69) is 46.9 Å². The maximum atomic E-state index is 13.2. The Morgan fingerprint density at radius 1 is 1.00 bits per heavy atom. The van der Waals surface area contributed by atoms with Crippen molar-refractivity contribution in [2.45, 2.75) is 26.6 Å². The fourth-order valence-electron chi connectivity index (χ4n) is 4.74. The van der Waals surface area contributed by atoms with Gasteiger partial charge in [0.15, 0.2) is 5.76 Å². The van der Waals surface area contributed by atoms with Crippen LogP contribution in [-0.2, 0) is 19.6 Å². The van der Waals surface area contributed by atoms with Crippen molar-refractivity contribution in [3.05, 3.63) is 101 Å². The first-order valence-electron chi connectivity index (χ1n) is 11.3. The van der Waals surface area contributed by atoms with Crippen LogP contribution in [0.1, 0.15) is 34.0 Å². The van der Waals surface area contributed by atoms with Gasteiger partial charge in [0, 0.05) is 42.3 Å². The first-order chi connectivity index (χ1) is 16.2. The van der Waals surface area contributed by atoms with Crippen molar-refractivity contribution in [2.75, 3.05) is 6.73 Å². The Bertz CT molecular complexity index is 1400. The molecule has 0 amide bonds. The highest BCUT2D eigenvalue weighted by Gasteiger charge is 2.33. The maximum Gasteiger partial charge on any atom is 0.231 e. The molecule has 0 N–H and O–H groups in total. The second-order valence-electron chi connectivity index (χ2n) is 8.49. The Kier molecular flexibility index (Phi) is 4.77. The lowest BCUT2D eigenvalue weighted by atomic mass is 10.0. The first kappa shape index (κ1) is 19.8. The van der Waals surface area contributed by atoms with Crippen LogP contribution in [0, 0.1) is 0 Å². The smallest absolute Gasteiger partial charge is 0.231 e. The van der Waals surface area contributed by atoms with E-state index >= 15 is 0 Å². The van der Waals surface area contributed by atoms with Gasteiger partial charge in [0.25, 0.3) is 0 Å². The third kappa shape index (κ3) is 3.41. The summed E-state index contributed by atoms with van der Waals surface area (Å²) in [5.41, 5.74) is 4.89. The van der Waals surface area contributed by atoms with Gasteiger partial charge in [0.1, 0.15) is 18.2 Å². The van der Waals surface area contributed by atoms with Crippen LogP contribution < -0.4 is 9.47 Å². The van der Waals surface area contributed by atoms with Crippen LogP contribution in [0.3, 0.4) is 0 Å². The van der Waals surface area contributed by atoms with Crippen molar-refractivity contribution >= 4 is 22.8 Å². The Labute approximate surface area is 192 Å². The Morgan fingerprint density at radius 2 is 1.82 bits per heavy atom. The fourth-order valence-corrected chi connectivity index (χ4v) is 4.74. The first-order valence-corrected chi connectivity index (χ1v) is 11.3. The van der Waals surface area contributed by atoms with Crippen molar-refractivity contribution in [2.24, 2.45) is 0 Å². The summed E-state index contributed by atoms with van der Waals surface area (Å²) >= 11 is 0. The second kappa shape index (κ2) is 7.94. The molecule has 0 aliphatic carbocycles. The SMILES string of the molecule is CCn1cc(/C=C2\Oc3c(ccc4c3CN(Cc3ccccc3)CO4)C2=O)c2ccccc21. The number of benzene rings is 3. The molecule has 33 heavy (non-hydrogen) atoms. The van der Waals surface area contributed by atoms with Crippen molar-refractivity contribution in [3.8, 4) is 11.5 Å². The van der Waals surface area contributed by atoms with Gasteiger partial charge in [0.05, 0.1) is 11.1 Å². The van der Waals surface area contributed by atoms with E-state index in [1.54, 1.807) is 0 Å². The van der Waals surface area contributed by atoms with Gasteiger partial charge in [-0.3, -0.25) is 9.69 Å². The van der Waals surface area contributed by atoms with Crippen LogP contribution in [0.15, 0.2) is 78.7 Å². The summed E-state index contributed by atoms with van der Waals surface area (Å²) in [6.45, 7) is 4.93. The number of rotatable bonds is 4. The average molecular weight is 437 g/mol. The molecule has 0 spiro atoms. The molecular weight excluding hydrogens is 412 g/mol. The number of hydrogen-bond donors (Lipinski definition) is 0. The summed E-state index contributed by atoms with van der Waals surface area (Å²) in [6.07, 6.45) is 3.95. The van der Waals surface area contributed by atoms with Crippen molar-refractivity contribution in [1.29, 1.82) is 0 Å². The van der Waals surface area contributed by atoms with E-state index in [1.807, 2.05) is 48.5 Å². The van der Waals surface area contributed by atoms with Crippen LogP contribution in [0.4, 0.5) is 0 Å². The van der Waals surface area contributed by atoms with E-state index in [-0.39, 0.29) is 5.78 Å². The van der Waals surface area contributed by atoms with Crippen LogP contribution in [0.2, 0.25) is 0 Å². The molecule has 164 valence electrons. The molecule has 0 atom stereocenters. The average Bonchev–Trinajstić information content (AvgIpc) is 3.37. The molecule has 0 fully saturated rings. The number of hydrogen-bond acceptors (Lipinski definition) is 4. The molecular formula is C28H24N2O3. The lowest BCUT2D eigenvalue weighted by molar-refractivity contribution is 0.0873. The van der Waals surface area contributed by atoms with Gasteiger partial charge in [-0.25, -0.2) is 0 Å². The number of nitrogens with zero attached hydrogens (tertiary/aromatic N) is 2. The summed E-state index contributed by atoms with van der Waals surface area (Å²) in [4.78, 5) is 15.4. The predicted molar refractivity (Wildman–Crippen MR) is 128 cm³/mol. The van der Waals surface area contributed by atoms with Crippen LogP contribution in [-0.4, -0.2) is 22.0 Å². The molecule has 2 aliphatic rings. The molecule has 3 aromatic carbocycles. The highest BCUT2D eigenvalue weighted by atomic mass is 16.5. The molecule has 1 aromatic heterocycles. The molecule has 6 rings (SSSR count). The minimum absolute atomic E-state index is 0.0821. The van der Waals surface area contributed by atoms with E-state index in [9.17, 15) is 4.79 Å². The highest BCUT2D eigenvalue weighted by Crippen LogP contribution is 2.42. The quantitative estimate of drug-likeness (QED) is 0.389. The number of ketones is 1. The Balaban J connectivity index is 1.33. The van der Waals surface area contributed by atoms with Gasteiger partial charge in [0.2, 0.25) is 5.78 Å². The predicted octanol–water partition coefficient (Wildman–Crippen LogP) is 5.63. The van der Waals surface area contributed by atoms with Crippen LogP contribution in [0.25, 0.3) is 17.0 Å². The van der Waals surface area contributed by atoms with E-state index < -0.39 is 0 Å². The molecule has 0 saturated heterocycles. The minimum atomic E-state index is -0.0821. The summed E-state index contributed by atoms with van der Waals surface area (Å²) in [5, 5.41) is 1.11. The Morgan fingerprint density at radius 3 is 2.67 bits per heavy atom. The summed E-state index contributed by atoms with van der Waals surface area (Å²) < 4.78 is 14.4. The van der Waals surface area contributed by atoms with E-state index in [0.717, 1.165) is 40.9 Å². The van der Waals surface area contributed by atoms with Crippen molar-refractivity contribution < 1.29 is 14.3 Å². The van der Waals surface area contributed by atoms with E-state index in [4.69, 9.17) is 9.47 Å². The summed E-state index contributed by atoms with van der Waals surface area (Å²) in [5.74, 6) is 1.69. The standard InChI is InChI=1S/C28H24N2O3/c1-2-30-16-20(21-10-6-7-11-24(21)30)14-26-27(31)22-12-13-25-23(28(22)33-26)17-29(18-32-25)15-19-8-4-3-5-9-19/h3-14,16H,2,15,17-18H2,1H3/b26-14-.